The fourth-order valence-corrected chi connectivity index (χ4v) is 1.69. The maximum Gasteiger partial charge on any atom is 0.257 e. The van der Waals surface area contributed by atoms with E-state index < -0.39 is 0 Å². The van der Waals surface area contributed by atoms with Crippen LogP contribution in [0.3, 0.4) is 0 Å². The van der Waals surface area contributed by atoms with Crippen molar-refractivity contribution < 1.29 is 14.3 Å². The van der Waals surface area contributed by atoms with E-state index in [0.717, 1.165) is 18.4 Å². The molecule has 0 aliphatic rings. The number of carbonyl (C=O) groups excluding carboxylic acids is 1. The maximum absolute atomic E-state index is 11.5. The van der Waals surface area contributed by atoms with Gasteiger partial charge >= 0.3 is 0 Å². The fraction of sp³-hybridized carbons (Fsp3) is 0.533. The third kappa shape index (κ3) is 6.04. The summed E-state index contributed by atoms with van der Waals surface area (Å²) in [6, 6.07) is 7.58. The first-order valence-corrected chi connectivity index (χ1v) is 6.91. The number of ether oxygens (including phenoxy) is 2. The highest BCUT2D eigenvalue weighted by molar-refractivity contribution is 5.77. The summed E-state index contributed by atoms with van der Waals surface area (Å²) in [5, 5.41) is 2.76. The zero-order valence-corrected chi connectivity index (χ0v) is 12.2. The number of carbonyl (C=O) groups is 1. The van der Waals surface area contributed by atoms with Gasteiger partial charge in [0, 0.05) is 26.3 Å². The van der Waals surface area contributed by atoms with Gasteiger partial charge in [-0.05, 0) is 30.5 Å². The van der Waals surface area contributed by atoms with E-state index in [1.165, 1.54) is 0 Å². The van der Waals surface area contributed by atoms with Crippen molar-refractivity contribution in [3.8, 4) is 5.75 Å². The van der Waals surface area contributed by atoms with E-state index in [4.69, 9.17) is 15.2 Å². The standard InChI is InChI=1S/C15H24N2O3/c1-3-14(16)12-5-7-13(8-6-12)20-11-15(18)17-9-4-10-19-2/h5-8,14H,3-4,9-11,16H2,1-2H3,(H,17,18). The lowest BCUT2D eigenvalue weighted by Gasteiger charge is -2.11. The molecule has 1 amide bonds. The normalized spacial score (nSPS) is 11.9. The predicted octanol–water partition coefficient (Wildman–Crippen LogP) is 1.63. The van der Waals surface area contributed by atoms with Gasteiger partial charge in [0.2, 0.25) is 0 Å². The molecule has 0 bridgehead atoms. The third-order valence-electron chi connectivity index (χ3n) is 2.97. The second-order valence-corrected chi connectivity index (χ2v) is 4.57. The van der Waals surface area contributed by atoms with Crippen LogP contribution >= 0.6 is 0 Å². The third-order valence-corrected chi connectivity index (χ3v) is 2.97. The van der Waals surface area contributed by atoms with Gasteiger partial charge in [-0.2, -0.15) is 0 Å². The number of nitrogens with one attached hydrogen (secondary N) is 1. The number of rotatable bonds is 9. The summed E-state index contributed by atoms with van der Waals surface area (Å²) in [5.74, 6) is 0.541. The fourth-order valence-electron chi connectivity index (χ4n) is 1.69. The molecule has 0 aliphatic heterocycles. The Hall–Kier alpha value is -1.59. The van der Waals surface area contributed by atoms with E-state index in [0.29, 0.717) is 18.9 Å². The summed E-state index contributed by atoms with van der Waals surface area (Å²) in [6.45, 7) is 3.30. The Bertz CT molecular complexity index is 393. The van der Waals surface area contributed by atoms with Crippen LogP contribution in [-0.4, -0.2) is 32.8 Å². The van der Waals surface area contributed by atoms with Gasteiger partial charge in [-0.3, -0.25) is 4.79 Å². The first-order valence-electron chi connectivity index (χ1n) is 6.91. The molecule has 0 heterocycles. The molecule has 0 aromatic heterocycles. The van der Waals surface area contributed by atoms with Gasteiger partial charge in [0.15, 0.2) is 6.61 Å². The summed E-state index contributed by atoms with van der Waals surface area (Å²) in [7, 11) is 1.64. The minimum Gasteiger partial charge on any atom is -0.484 e. The van der Waals surface area contributed by atoms with Crippen molar-refractivity contribution in [2.75, 3.05) is 26.9 Å². The van der Waals surface area contributed by atoms with Gasteiger partial charge in [0.25, 0.3) is 5.91 Å². The van der Waals surface area contributed by atoms with Crippen LogP contribution in [0.4, 0.5) is 0 Å². The molecule has 5 nitrogen and oxygen atoms in total. The van der Waals surface area contributed by atoms with Crippen LogP contribution in [0.2, 0.25) is 0 Å². The van der Waals surface area contributed by atoms with E-state index in [1.807, 2.05) is 31.2 Å². The van der Waals surface area contributed by atoms with Crippen molar-refractivity contribution in [1.29, 1.82) is 0 Å². The average Bonchev–Trinajstić information content (AvgIpc) is 2.49. The van der Waals surface area contributed by atoms with E-state index in [9.17, 15) is 4.79 Å². The van der Waals surface area contributed by atoms with Crippen LogP contribution in [0.15, 0.2) is 24.3 Å². The van der Waals surface area contributed by atoms with Crippen LogP contribution in [0.25, 0.3) is 0 Å². The molecule has 1 unspecified atom stereocenters. The van der Waals surface area contributed by atoms with Crippen LogP contribution in [0.1, 0.15) is 31.4 Å². The molecule has 1 atom stereocenters. The highest BCUT2D eigenvalue weighted by Gasteiger charge is 2.05. The molecular weight excluding hydrogens is 256 g/mol. The molecule has 0 fully saturated rings. The molecule has 5 heteroatoms. The molecule has 0 saturated heterocycles. The number of amides is 1. The summed E-state index contributed by atoms with van der Waals surface area (Å²) in [5.41, 5.74) is 7.00. The van der Waals surface area contributed by atoms with Crippen molar-refractivity contribution in [1.82, 2.24) is 5.32 Å². The minimum atomic E-state index is -0.129. The van der Waals surface area contributed by atoms with E-state index in [1.54, 1.807) is 7.11 Å². The smallest absolute Gasteiger partial charge is 0.257 e. The van der Waals surface area contributed by atoms with Crippen LogP contribution in [-0.2, 0) is 9.53 Å². The molecule has 0 radical (unpaired) electrons. The van der Waals surface area contributed by atoms with E-state index >= 15 is 0 Å². The lowest BCUT2D eigenvalue weighted by atomic mass is 10.1. The number of nitrogens with two attached hydrogens (primary N) is 1. The highest BCUT2D eigenvalue weighted by Crippen LogP contribution is 2.18. The number of benzene rings is 1. The van der Waals surface area contributed by atoms with Crippen LogP contribution < -0.4 is 15.8 Å². The number of hydrogen-bond donors (Lipinski definition) is 2. The molecule has 0 aliphatic carbocycles. The molecule has 0 spiro atoms. The quantitative estimate of drug-likeness (QED) is 0.674. The lowest BCUT2D eigenvalue weighted by molar-refractivity contribution is -0.123. The Morgan fingerprint density at radius 1 is 1.35 bits per heavy atom. The first-order chi connectivity index (χ1) is 9.67. The molecule has 20 heavy (non-hydrogen) atoms. The molecule has 1 aromatic rings. The van der Waals surface area contributed by atoms with Crippen molar-refractivity contribution in [2.24, 2.45) is 5.73 Å². The van der Waals surface area contributed by atoms with Crippen molar-refractivity contribution in [3.05, 3.63) is 29.8 Å². The SMILES string of the molecule is CCC(N)c1ccc(OCC(=O)NCCCOC)cc1. The number of methoxy groups -OCH3 is 1. The number of hydrogen-bond acceptors (Lipinski definition) is 4. The largest absolute Gasteiger partial charge is 0.484 e. The Kier molecular flexibility index (Phi) is 7.69. The van der Waals surface area contributed by atoms with Crippen molar-refractivity contribution in [2.45, 2.75) is 25.8 Å². The monoisotopic (exact) mass is 280 g/mol. The van der Waals surface area contributed by atoms with Crippen LogP contribution in [0, 0.1) is 0 Å². The van der Waals surface area contributed by atoms with Gasteiger partial charge in [0.05, 0.1) is 0 Å². The molecular formula is C15H24N2O3. The van der Waals surface area contributed by atoms with Gasteiger partial charge in [0.1, 0.15) is 5.75 Å². The maximum atomic E-state index is 11.5. The lowest BCUT2D eigenvalue weighted by Crippen LogP contribution is -2.30. The zero-order valence-electron chi connectivity index (χ0n) is 12.2. The Morgan fingerprint density at radius 2 is 2.05 bits per heavy atom. The topological polar surface area (TPSA) is 73.6 Å². The summed E-state index contributed by atoms with van der Waals surface area (Å²) in [6.07, 6.45) is 1.69. The van der Waals surface area contributed by atoms with Crippen molar-refractivity contribution in [3.63, 3.8) is 0 Å². The van der Waals surface area contributed by atoms with Gasteiger partial charge in [-0.1, -0.05) is 19.1 Å². The Balaban J connectivity index is 2.29. The second kappa shape index (κ2) is 9.34. The van der Waals surface area contributed by atoms with Gasteiger partial charge < -0.3 is 20.5 Å². The average molecular weight is 280 g/mol. The van der Waals surface area contributed by atoms with Crippen molar-refractivity contribution >= 4 is 5.91 Å². The highest BCUT2D eigenvalue weighted by atomic mass is 16.5. The molecule has 112 valence electrons. The predicted molar refractivity (Wildman–Crippen MR) is 78.7 cm³/mol. The minimum absolute atomic E-state index is 0.0200. The van der Waals surface area contributed by atoms with Crippen LogP contribution in [0.5, 0.6) is 5.75 Å². The molecule has 1 aromatic carbocycles. The molecule has 3 N–H and O–H groups in total. The molecule has 1 rings (SSSR count). The second-order valence-electron chi connectivity index (χ2n) is 4.57. The zero-order chi connectivity index (χ0) is 14.8. The molecule has 0 saturated carbocycles. The van der Waals surface area contributed by atoms with E-state index in [-0.39, 0.29) is 18.6 Å². The van der Waals surface area contributed by atoms with E-state index in [2.05, 4.69) is 5.32 Å². The first kappa shape index (κ1) is 16.5. The van der Waals surface area contributed by atoms with Gasteiger partial charge in [-0.15, -0.1) is 0 Å². The Labute approximate surface area is 120 Å². The summed E-state index contributed by atoms with van der Waals surface area (Å²) < 4.78 is 10.3. The Morgan fingerprint density at radius 3 is 2.65 bits per heavy atom. The summed E-state index contributed by atoms with van der Waals surface area (Å²) in [4.78, 5) is 11.5. The van der Waals surface area contributed by atoms with Gasteiger partial charge in [-0.25, -0.2) is 0 Å². The summed E-state index contributed by atoms with van der Waals surface area (Å²) >= 11 is 0.